The number of hydrogen-bond donors (Lipinski definition) is 1. The van der Waals surface area contributed by atoms with E-state index in [0.29, 0.717) is 0 Å². The topological polar surface area (TPSA) is 62.3 Å². The predicted octanol–water partition coefficient (Wildman–Crippen LogP) is 5.94. The van der Waals surface area contributed by atoms with Crippen molar-refractivity contribution >= 4 is 92.8 Å². The Morgan fingerprint density at radius 3 is 2.10 bits per heavy atom. The number of thiazole rings is 1. The molecule has 166 valence electrons. The van der Waals surface area contributed by atoms with Crippen LogP contribution in [0.15, 0.2) is 11.6 Å². The van der Waals surface area contributed by atoms with Crippen LogP contribution in [0.3, 0.4) is 0 Å². The van der Waals surface area contributed by atoms with E-state index in [1.165, 1.54) is 23.3 Å². The van der Waals surface area contributed by atoms with Gasteiger partial charge in [0.2, 0.25) is 11.8 Å². The molecule has 0 radical (unpaired) electrons. The van der Waals surface area contributed by atoms with Crippen LogP contribution >= 0.6 is 80.9 Å². The Hall–Kier alpha value is 0.310. The molecule has 0 aliphatic heterocycles. The third kappa shape index (κ3) is 8.76. The minimum Gasteiger partial charge on any atom is -0.345 e. The van der Waals surface area contributed by atoms with Crippen molar-refractivity contribution in [2.45, 2.75) is 53.3 Å². The number of likely N-dealkylation sites (N-methyl/N-ethyl adjacent to an activating group) is 1. The molecule has 2 unspecified atom stereocenters. The molecule has 4 atom stereocenters. The van der Waals surface area contributed by atoms with Crippen molar-refractivity contribution in [1.82, 2.24) is 15.2 Å². The highest BCUT2D eigenvalue weighted by atomic mass is 35.6. The number of carbonyl (C=O) groups is 2. The number of nitrogens with zero attached hydrogens (tertiary/aromatic N) is 2. The number of rotatable bonds is 8. The van der Waals surface area contributed by atoms with E-state index in [1.807, 2.05) is 5.38 Å². The van der Waals surface area contributed by atoms with Gasteiger partial charge in [-0.1, -0.05) is 83.5 Å². The second-order valence-corrected chi connectivity index (χ2v) is 12.6. The molecule has 12 heteroatoms. The predicted molar refractivity (Wildman–Crippen MR) is 123 cm³/mol. The molecule has 0 saturated carbocycles. The zero-order valence-corrected chi connectivity index (χ0v) is 21.6. The van der Waals surface area contributed by atoms with Crippen LogP contribution in [-0.2, 0) is 9.59 Å². The molecule has 1 heterocycles. The average Bonchev–Trinajstić information content (AvgIpc) is 3.11. The standard InChI is InChI=1S/C17H23Cl6N3O2S/c1-9(16(18,19)20)7-12(14(28)25-11(3)15-24-5-6-29-15)26(4)13(27)8-10(2)17(21,22)23/h5-6,9-12H,7-8H2,1-4H3,(H,25,28)/t9-,10?,11?,12+/m1/s1. The van der Waals surface area contributed by atoms with E-state index in [0.717, 1.165) is 5.01 Å². The molecule has 1 aromatic heterocycles. The molecule has 0 fully saturated rings. The fourth-order valence-corrected chi connectivity index (χ4v) is 3.57. The summed E-state index contributed by atoms with van der Waals surface area (Å²) in [4.78, 5) is 31.3. The molecule has 1 N–H and O–H groups in total. The quantitative estimate of drug-likeness (QED) is 0.411. The van der Waals surface area contributed by atoms with Crippen LogP contribution < -0.4 is 5.32 Å². The van der Waals surface area contributed by atoms with Crippen LogP contribution in [0.4, 0.5) is 0 Å². The van der Waals surface area contributed by atoms with E-state index in [-0.39, 0.29) is 30.7 Å². The number of alkyl halides is 6. The van der Waals surface area contributed by atoms with E-state index in [9.17, 15) is 9.59 Å². The molecule has 1 aromatic rings. The molecule has 0 aromatic carbocycles. The summed E-state index contributed by atoms with van der Waals surface area (Å²) < 4.78 is -3.19. The van der Waals surface area contributed by atoms with E-state index in [4.69, 9.17) is 69.6 Å². The van der Waals surface area contributed by atoms with Crippen molar-refractivity contribution in [3.8, 4) is 0 Å². The molecule has 0 aliphatic rings. The van der Waals surface area contributed by atoms with Crippen LogP contribution in [0, 0.1) is 11.8 Å². The fraction of sp³-hybridized carbons (Fsp3) is 0.706. The third-order valence-corrected chi connectivity index (χ3v) is 7.71. The third-order valence-electron chi connectivity index (χ3n) is 4.52. The van der Waals surface area contributed by atoms with Crippen molar-refractivity contribution < 1.29 is 9.59 Å². The first-order chi connectivity index (χ1) is 13.1. The number of aromatic nitrogens is 1. The Morgan fingerprint density at radius 2 is 1.66 bits per heavy atom. The molecule has 5 nitrogen and oxygen atoms in total. The fourth-order valence-electron chi connectivity index (χ4n) is 2.42. The van der Waals surface area contributed by atoms with E-state index < -0.39 is 25.5 Å². The molecule has 0 saturated heterocycles. The zero-order chi connectivity index (χ0) is 22.6. The van der Waals surface area contributed by atoms with Gasteiger partial charge in [0.25, 0.3) is 0 Å². The van der Waals surface area contributed by atoms with Crippen molar-refractivity contribution in [3.05, 3.63) is 16.6 Å². The summed E-state index contributed by atoms with van der Waals surface area (Å²) in [5, 5.41) is 5.42. The summed E-state index contributed by atoms with van der Waals surface area (Å²) in [6, 6.07) is -1.21. The van der Waals surface area contributed by atoms with Gasteiger partial charge in [0, 0.05) is 36.9 Å². The Balaban J connectivity index is 2.99. The second kappa shape index (κ2) is 11.3. The lowest BCUT2D eigenvalue weighted by molar-refractivity contribution is -0.140. The highest BCUT2D eigenvalue weighted by Crippen LogP contribution is 2.39. The Kier molecular flexibility index (Phi) is 10.6. The smallest absolute Gasteiger partial charge is 0.243 e. The summed E-state index contributed by atoms with van der Waals surface area (Å²) in [5.74, 6) is -1.79. The lowest BCUT2D eigenvalue weighted by atomic mass is 9.99. The van der Waals surface area contributed by atoms with Gasteiger partial charge >= 0.3 is 0 Å². The molecule has 0 aliphatic carbocycles. The van der Waals surface area contributed by atoms with Crippen LogP contribution in [0.25, 0.3) is 0 Å². The monoisotopic (exact) mass is 543 g/mol. The summed E-state index contributed by atoms with van der Waals surface area (Å²) in [6.07, 6.45) is 1.73. The molecule has 1 rings (SSSR count). The first-order valence-electron chi connectivity index (χ1n) is 8.73. The van der Waals surface area contributed by atoms with Crippen molar-refractivity contribution in [3.63, 3.8) is 0 Å². The van der Waals surface area contributed by atoms with Crippen LogP contribution in [0.5, 0.6) is 0 Å². The molecular formula is C17H23Cl6N3O2S. The summed E-state index contributed by atoms with van der Waals surface area (Å²) >= 11 is 37.0. The van der Waals surface area contributed by atoms with Crippen LogP contribution in [0.1, 0.15) is 44.7 Å². The second-order valence-electron chi connectivity index (χ2n) is 6.95. The van der Waals surface area contributed by atoms with E-state index in [2.05, 4.69) is 10.3 Å². The number of amides is 2. The van der Waals surface area contributed by atoms with E-state index in [1.54, 1.807) is 27.0 Å². The molecule has 29 heavy (non-hydrogen) atoms. The summed E-state index contributed by atoms with van der Waals surface area (Å²) in [6.45, 7) is 5.14. The van der Waals surface area contributed by atoms with Gasteiger partial charge in [-0.05, 0) is 13.3 Å². The van der Waals surface area contributed by atoms with Gasteiger partial charge in [0.1, 0.15) is 11.0 Å². The Bertz CT molecular complexity index is 678. The molecule has 0 spiro atoms. The minimum atomic E-state index is -1.60. The Labute approximate surface area is 205 Å². The van der Waals surface area contributed by atoms with Gasteiger partial charge in [-0.25, -0.2) is 4.98 Å². The van der Waals surface area contributed by atoms with Crippen LogP contribution in [0.2, 0.25) is 0 Å². The molecular weight excluding hydrogens is 523 g/mol. The van der Waals surface area contributed by atoms with Gasteiger partial charge in [-0.3, -0.25) is 9.59 Å². The lowest BCUT2D eigenvalue weighted by Gasteiger charge is -2.33. The Morgan fingerprint density at radius 1 is 1.10 bits per heavy atom. The lowest BCUT2D eigenvalue weighted by Crippen LogP contribution is -2.50. The van der Waals surface area contributed by atoms with Gasteiger partial charge < -0.3 is 10.2 Å². The summed E-state index contributed by atoms with van der Waals surface area (Å²) in [7, 11) is 1.51. The van der Waals surface area contributed by atoms with Crippen molar-refractivity contribution in [1.29, 1.82) is 0 Å². The maximum Gasteiger partial charge on any atom is 0.243 e. The average molecular weight is 546 g/mol. The highest BCUT2D eigenvalue weighted by Gasteiger charge is 2.38. The number of halogens is 6. The maximum atomic E-state index is 13.0. The van der Waals surface area contributed by atoms with Gasteiger partial charge in [0.05, 0.1) is 6.04 Å². The van der Waals surface area contributed by atoms with E-state index >= 15 is 0 Å². The SMILES string of the molecule is CC(NC(=O)[C@H](C[C@@H](C)C(Cl)(Cl)Cl)N(C)C(=O)CC(C)C(Cl)(Cl)Cl)c1nccs1. The van der Waals surface area contributed by atoms with Gasteiger partial charge in [-0.15, -0.1) is 11.3 Å². The zero-order valence-electron chi connectivity index (χ0n) is 16.3. The van der Waals surface area contributed by atoms with Crippen LogP contribution in [-0.4, -0.2) is 42.4 Å². The van der Waals surface area contributed by atoms with Crippen molar-refractivity contribution in [2.24, 2.45) is 11.8 Å². The van der Waals surface area contributed by atoms with Gasteiger partial charge in [-0.2, -0.15) is 0 Å². The number of hydrogen-bond acceptors (Lipinski definition) is 4. The highest BCUT2D eigenvalue weighted by molar-refractivity contribution is 7.09. The first-order valence-corrected chi connectivity index (χ1v) is 11.9. The number of carbonyl (C=O) groups excluding carboxylic acids is 2. The largest absolute Gasteiger partial charge is 0.345 e. The minimum absolute atomic E-state index is 0.0546. The number of nitrogens with one attached hydrogen (secondary N) is 1. The summed E-state index contributed by atoms with van der Waals surface area (Å²) in [5.41, 5.74) is 0. The van der Waals surface area contributed by atoms with Crippen molar-refractivity contribution in [2.75, 3.05) is 7.05 Å². The molecule has 2 amide bonds. The molecule has 0 bridgehead atoms. The first kappa shape index (κ1) is 27.3. The van der Waals surface area contributed by atoms with Gasteiger partial charge in [0.15, 0.2) is 7.59 Å². The maximum absolute atomic E-state index is 13.0. The normalized spacial score (nSPS) is 16.6.